The molecule has 16 heavy (non-hydrogen) atoms. The number of halogens is 1. The molecule has 86 valence electrons. The zero-order chi connectivity index (χ0) is 11.9. The Morgan fingerprint density at radius 2 is 2.06 bits per heavy atom. The first-order valence-corrected chi connectivity index (χ1v) is 5.29. The largest absolute Gasteiger partial charge is 0.383 e. The molecule has 0 amide bonds. The molecule has 4 heteroatoms. The molecule has 0 atom stereocenters. The van der Waals surface area contributed by atoms with Crippen molar-refractivity contribution in [2.24, 2.45) is 5.41 Å². The molecule has 0 aromatic carbocycles. The predicted molar refractivity (Wildman–Crippen MR) is 62.7 cm³/mol. The number of imidazole rings is 1. The van der Waals surface area contributed by atoms with Crippen molar-refractivity contribution in [1.82, 2.24) is 9.38 Å². The highest BCUT2D eigenvalue weighted by Crippen LogP contribution is 2.24. The lowest BCUT2D eigenvalue weighted by atomic mass is 9.90. The van der Waals surface area contributed by atoms with E-state index in [1.807, 2.05) is 0 Å². The van der Waals surface area contributed by atoms with Crippen molar-refractivity contribution in [3.05, 3.63) is 29.8 Å². The third kappa shape index (κ3) is 2.01. The lowest BCUT2D eigenvalue weighted by molar-refractivity contribution is 0.408. The van der Waals surface area contributed by atoms with Crippen LogP contribution in [-0.2, 0) is 6.42 Å². The molecule has 0 saturated heterocycles. The molecule has 0 aliphatic rings. The van der Waals surface area contributed by atoms with E-state index in [0.29, 0.717) is 11.5 Å². The summed E-state index contributed by atoms with van der Waals surface area (Å²) in [4.78, 5) is 4.41. The number of hydrogen-bond donors (Lipinski definition) is 1. The molecule has 0 radical (unpaired) electrons. The lowest BCUT2D eigenvalue weighted by Crippen LogP contribution is -2.11. The van der Waals surface area contributed by atoms with Crippen molar-refractivity contribution >= 4 is 11.5 Å². The van der Waals surface area contributed by atoms with Gasteiger partial charge >= 0.3 is 0 Å². The second-order valence-corrected chi connectivity index (χ2v) is 5.26. The molecule has 3 nitrogen and oxygen atoms in total. The van der Waals surface area contributed by atoms with Crippen LogP contribution in [-0.4, -0.2) is 9.38 Å². The Morgan fingerprint density at radius 3 is 2.69 bits per heavy atom. The van der Waals surface area contributed by atoms with Crippen LogP contribution in [0.1, 0.15) is 26.5 Å². The molecule has 2 aromatic heterocycles. The standard InChI is InChI=1S/C12H16FN3/c1-12(2,3)6-9-11(14)16-7-8(13)4-5-10(16)15-9/h4-5,7H,6,14H2,1-3H3. The van der Waals surface area contributed by atoms with Gasteiger partial charge in [-0.3, -0.25) is 4.40 Å². The number of rotatable bonds is 1. The Labute approximate surface area is 94.1 Å². The molecule has 2 heterocycles. The minimum atomic E-state index is -0.307. The third-order valence-electron chi connectivity index (χ3n) is 2.39. The fourth-order valence-electron chi connectivity index (χ4n) is 1.72. The fourth-order valence-corrected chi connectivity index (χ4v) is 1.72. The zero-order valence-electron chi connectivity index (χ0n) is 9.79. The minimum absolute atomic E-state index is 0.116. The van der Waals surface area contributed by atoms with Gasteiger partial charge in [0.05, 0.1) is 5.69 Å². The van der Waals surface area contributed by atoms with Gasteiger partial charge in [0.1, 0.15) is 17.3 Å². The van der Waals surface area contributed by atoms with E-state index in [-0.39, 0.29) is 11.2 Å². The van der Waals surface area contributed by atoms with Crippen LogP contribution in [0, 0.1) is 11.2 Å². The topological polar surface area (TPSA) is 43.3 Å². The van der Waals surface area contributed by atoms with Gasteiger partial charge in [-0.1, -0.05) is 20.8 Å². The van der Waals surface area contributed by atoms with E-state index < -0.39 is 0 Å². The maximum atomic E-state index is 13.1. The highest BCUT2D eigenvalue weighted by atomic mass is 19.1. The molecule has 0 spiro atoms. The summed E-state index contributed by atoms with van der Waals surface area (Å²) in [5.74, 6) is 0.225. The van der Waals surface area contributed by atoms with Crippen molar-refractivity contribution in [3.8, 4) is 0 Å². The van der Waals surface area contributed by atoms with Crippen LogP contribution < -0.4 is 5.73 Å². The first-order chi connectivity index (χ1) is 7.37. The van der Waals surface area contributed by atoms with E-state index in [9.17, 15) is 4.39 Å². The molecule has 0 unspecified atom stereocenters. The van der Waals surface area contributed by atoms with E-state index in [2.05, 4.69) is 25.8 Å². The van der Waals surface area contributed by atoms with E-state index >= 15 is 0 Å². The maximum Gasteiger partial charge on any atom is 0.140 e. The summed E-state index contributed by atoms with van der Waals surface area (Å²) in [6, 6.07) is 3.03. The van der Waals surface area contributed by atoms with Crippen LogP contribution in [0.4, 0.5) is 10.2 Å². The van der Waals surface area contributed by atoms with E-state index in [1.54, 1.807) is 10.5 Å². The number of nitrogen functional groups attached to an aromatic ring is 1. The quantitative estimate of drug-likeness (QED) is 0.804. The Morgan fingerprint density at radius 1 is 1.38 bits per heavy atom. The number of nitrogens with two attached hydrogens (primary N) is 1. The van der Waals surface area contributed by atoms with Gasteiger partial charge in [-0.25, -0.2) is 9.37 Å². The summed E-state index contributed by atoms with van der Waals surface area (Å²) in [7, 11) is 0. The van der Waals surface area contributed by atoms with Crippen LogP contribution in [0.3, 0.4) is 0 Å². The van der Waals surface area contributed by atoms with Crippen molar-refractivity contribution < 1.29 is 4.39 Å². The van der Waals surface area contributed by atoms with Crippen LogP contribution in [0.2, 0.25) is 0 Å². The smallest absolute Gasteiger partial charge is 0.140 e. The number of hydrogen-bond acceptors (Lipinski definition) is 2. The SMILES string of the molecule is CC(C)(C)Cc1nc2ccc(F)cn2c1N. The number of pyridine rings is 1. The molecular weight excluding hydrogens is 205 g/mol. The normalized spacial score (nSPS) is 12.2. The average molecular weight is 221 g/mol. The van der Waals surface area contributed by atoms with Crippen molar-refractivity contribution in [2.75, 3.05) is 5.73 Å². The molecule has 0 aliphatic carbocycles. The Bertz CT molecular complexity index is 523. The van der Waals surface area contributed by atoms with Gasteiger partial charge in [-0.2, -0.15) is 0 Å². The Balaban J connectivity index is 2.52. The van der Waals surface area contributed by atoms with Gasteiger partial charge in [0.25, 0.3) is 0 Å². The monoisotopic (exact) mass is 221 g/mol. The van der Waals surface area contributed by atoms with Crippen LogP contribution in [0.15, 0.2) is 18.3 Å². The first-order valence-electron chi connectivity index (χ1n) is 5.29. The molecule has 0 fully saturated rings. The highest BCUT2D eigenvalue weighted by molar-refractivity contribution is 5.52. The molecule has 0 aliphatic heterocycles. The second kappa shape index (κ2) is 3.47. The van der Waals surface area contributed by atoms with Crippen LogP contribution in [0.25, 0.3) is 5.65 Å². The van der Waals surface area contributed by atoms with Crippen molar-refractivity contribution in [1.29, 1.82) is 0 Å². The van der Waals surface area contributed by atoms with E-state index in [1.165, 1.54) is 12.3 Å². The summed E-state index contributed by atoms with van der Waals surface area (Å²) < 4.78 is 14.7. The Kier molecular flexibility index (Phi) is 2.37. The number of fused-ring (bicyclic) bond motifs is 1. The van der Waals surface area contributed by atoms with Crippen LogP contribution in [0.5, 0.6) is 0 Å². The van der Waals surface area contributed by atoms with Crippen LogP contribution >= 0.6 is 0 Å². The summed E-state index contributed by atoms with van der Waals surface area (Å²) in [6.45, 7) is 6.37. The van der Waals surface area contributed by atoms with Gasteiger partial charge in [-0.15, -0.1) is 0 Å². The molecule has 2 aromatic rings. The summed E-state index contributed by atoms with van der Waals surface area (Å²) in [5, 5.41) is 0. The number of aromatic nitrogens is 2. The number of anilines is 1. The zero-order valence-corrected chi connectivity index (χ0v) is 9.79. The maximum absolute atomic E-state index is 13.1. The van der Waals surface area contributed by atoms with Crippen molar-refractivity contribution in [3.63, 3.8) is 0 Å². The van der Waals surface area contributed by atoms with Gasteiger partial charge in [0.2, 0.25) is 0 Å². The summed E-state index contributed by atoms with van der Waals surface area (Å²) >= 11 is 0. The molecule has 0 saturated carbocycles. The second-order valence-electron chi connectivity index (χ2n) is 5.26. The van der Waals surface area contributed by atoms with Gasteiger partial charge in [-0.05, 0) is 24.0 Å². The lowest BCUT2D eigenvalue weighted by Gasteiger charge is -2.16. The van der Waals surface area contributed by atoms with Gasteiger partial charge < -0.3 is 5.73 Å². The summed E-state index contributed by atoms with van der Waals surface area (Å²) in [5.41, 5.74) is 7.59. The highest BCUT2D eigenvalue weighted by Gasteiger charge is 2.17. The predicted octanol–water partition coefficient (Wildman–Crippen LogP) is 2.64. The first kappa shape index (κ1) is 10.9. The molecule has 2 rings (SSSR count). The minimum Gasteiger partial charge on any atom is -0.383 e. The molecule has 2 N–H and O–H groups in total. The van der Waals surface area contributed by atoms with Gasteiger partial charge in [0.15, 0.2) is 0 Å². The Hall–Kier alpha value is -1.58. The third-order valence-corrected chi connectivity index (χ3v) is 2.39. The summed E-state index contributed by atoms with van der Waals surface area (Å²) in [6.07, 6.45) is 2.14. The van der Waals surface area contributed by atoms with E-state index in [4.69, 9.17) is 5.73 Å². The number of nitrogens with zero attached hydrogens (tertiary/aromatic N) is 2. The molecule has 0 bridgehead atoms. The van der Waals surface area contributed by atoms with E-state index in [0.717, 1.165) is 12.1 Å². The van der Waals surface area contributed by atoms with Gasteiger partial charge in [0, 0.05) is 6.20 Å². The average Bonchev–Trinajstić information content (AvgIpc) is 2.42. The van der Waals surface area contributed by atoms with Crippen molar-refractivity contribution in [2.45, 2.75) is 27.2 Å². The fraction of sp³-hybridized carbons (Fsp3) is 0.417. The molecular formula is C12H16FN3.